The van der Waals surface area contributed by atoms with E-state index in [1.54, 1.807) is 5.01 Å². The van der Waals surface area contributed by atoms with Gasteiger partial charge in [-0.05, 0) is 24.3 Å². The Morgan fingerprint density at radius 1 is 1.04 bits per heavy atom. The highest BCUT2D eigenvalue weighted by Crippen LogP contribution is 2.30. The normalized spacial score (nSPS) is 15.5. The summed E-state index contributed by atoms with van der Waals surface area (Å²) in [5.74, 6) is 0.200. The Bertz CT molecular complexity index is 906. The van der Waals surface area contributed by atoms with Crippen molar-refractivity contribution >= 4 is 33.5 Å². The summed E-state index contributed by atoms with van der Waals surface area (Å²) in [6.07, 6.45) is 2.02. The van der Waals surface area contributed by atoms with Crippen molar-refractivity contribution in [3.63, 3.8) is 0 Å². The van der Waals surface area contributed by atoms with Crippen molar-refractivity contribution in [2.45, 2.75) is 0 Å². The average molecular weight is 374 g/mol. The maximum absolute atomic E-state index is 10.7. The van der Waals surface area contributed by atoms with Gasteiger partial charge in [-0.3, -0.25) is 5.43 Å². The number of likely N-dealkylation sites (N-methyl/N-ethyl adjacent to an activating group) is 1. The first-order valence-corrected chi connectivity index (χ1v) is 7.74. The molecule has 0 bridgehead atoms. The Labute approximate surface area is 141 Å². The molecule has 2 aliphatic rings. The van der Waals surface area contributed by atoms with Crippen LogP contribution >= 0.6 is 15.9 Å². The van der Waals surface area contributed by atoms with Gasteiger partial charge in [0.2, 0.25) is 5.88 Å². The highest BCUT2D eigenvalue weighted by molar-refractivity contribution is 9.10. The molecule has 0 aromatic heterocycles. The molecule has 0 unspecified atom stereocenters. The van der Waals surface area contributed by atoms with Crippen LogP contribution < -0.4 is 20.9 Å². The summed E-state index contributed by atoms with van der Waals surface area (Å²) in [6.45, 7) is 0. The molecule has 2 aromatic rings. The standard InChI is InChI=1S/C17H14BrN3O.H2O/c1-20-10-11-4-2-3-5-14(11)15-16(20)17(22)21(19-15)13-8-6-12(18)7-9-13;/h2-10,19,22H,1H3;1H2. The second-order valence-electron chi connectivity index (χ2n) is 5.30. The Balaban J connectivity index is 0.00000156. The van der Waals surface area contributed by atoms with E-state index in [9.17, 15) is 5.11 Å². The largest absolute Gasteiger partial charge is 0.492 e. The van der Waals surface area contributed by atoms with Crippen molar-refractivity contribution in [2.24, 2.45) is 0 Å². The number of halogens is 1. The summed E-state index contributed by atoms with van der Waals surface area (Å²) in [6, 6.07) is 15.9. The van der Waals surface area contributed by atoms with Crippen LogP contribution in [0, 0.1) is 0 Å². The van der Waals surface area contributed by atoms with Gasteiger partial charge in [0, 0.05) is 28.2 Å². The molecule has 5 nitrogen and oxygen atoms in total. The Morgan fingerprint density at radius 3 is 2.48 bits per heavy atom. The van der Waals surface area contributed by atoms with E-state index in [0.29, 0.717) is 0 Å². The fourth-order valence-corrected chi connectivity index (χ4v) is 3.11. The third kappa shape index (κ3) is 2.36. The van der Waals surface area contributed by atoms with E-state index in [1.807, 2.05) is 54.5 Å². The molecule has 2 aliphatic heterocycles. The number of aliphatic hydroxyl groups is 1. The van der Waals surface area contributed by atoms with Gasteiger partial charge < -0.3 is 15.5 Å². The van der Waals surface area contributed by atoms with Crippen LogP contribution in [0.5, 0.6) is 0 Å². The molecule has 4 rings (SSSR count). The van der Waals surface area contributed by atoms with Crippen molar-refractivity contribution in [3.05, 3.63) is 75.0 Å². The van der Waals surface area contributed by atoms with E-state index in [1.165, 1.54) is 0 Å². The fraction of sp³-hybridized carbons (Fsp3) is 0.0588. The van der Waals surface area contributed by atoms with Gasteiger partial charge >= 0.3 is 0 Å². The number of aliphatic hydroxyl groups excluding tert-OH is 1. The molecule has 23 heavy (non-hydrogen) atoms. The molecule has 0 saturated carbocycles. The summed E-state index contributed by atoms with van der Waals surface area (Å²) in [5, 5.41) is 14.6. The van der Waals surface area contributed by atoms with Gasteiger partial charge in [-0.2, -0.15) is 0 Å². The second kappa shape index (κ2) is 5.64. The second-order valence-corrected chi connectivity index (χ2v) is 6.21. The highest BCUT2D eigenvalue weighted by atomic mass is 79.9. The highest BCUT2D eigenvalue weighted by Gasteiger charge is 2.31. The van der Waals surface area contributed by atoms with E-state index in [4.69, 9.17) is 0 Å². The van der Waals surface area contributed by atoms with Gasteiger partial charge in [0.05, 0.1) is 11.4 Å². The Kier molecular flexibility index (Phi) is 3.79. The summed E-state index contributed by atoms with van der Waals surface area (Å²) in [5.41, 5.74) is 5.89. The fourth-order valence-electron chi connectivity index (χ4n) is 2.84. The zero-order valence-corrected chi connectivity index (χ0v) is 14.0. The first kappa shape index (κ1) is 15.5. The minimum absolute atomic E-state index is 0. The zero-order valence-electron chi connectivity index (χ0n) is 12.4. The van der Waals surface area contributed by atoms with E-state index in [0.717, 1.165) is 32.0 Å². The number of nitrogens with one attached hydrogen (secondary N) is 1. The average Bonchev–Trinajstić information content (AvgIpc) is 2.87. The number of benzene rings is 2. The van der Waals surface area contributed by atoms with Gasteiger partial charge in [0.15, 0.2) is 0 Å². The molecule has 4 N–H and O–H groups in total. The van der Waals surface area contributed by atoms with Gasteiger partial charge in [0.1, 0.15) is 5.70 Å². The quantitative estimate of drug-likeness (QED) is 0.786. The van der Waals surface area contributed by atoms with Gasteiger partial charge in [0.25, 0.3) is 0 Å². The molecule has 6 heteroatoms. The molecule has 0 fully saturated rings. The van der Waals surface area contributed by atoms with Gasteiger partial charge in [-0.15, -0.1) is 0 Å². The summed E-state index contributed by atoms with van der Waals surface area (Å²) < 4.78 is 1.00. The lowest BCUT2D eigenvalue weighted by atomic mass is 10.1. The molecule has 0 aliphatic carbocycles. The van der Waals surface area contributed by atoms with Crippen LogP contribution in [0.4, 0.5) is 5.69 Å². The molecule has 118 valence electrons. The predicted molar refractivity (Wildman–Crippen MR) is 94.4 cm³/mol. The third-order valence-electron chi connectivity index (χ3n) is 3.88. The van der Waals surface area contributed by atoms with Crippen LogP contribution in [0.25, 0.3) is 11.9 Å². The van der Waals surface area contributed by atoms with Gasteiger partial charge in [-0.25, -0.2) is 5.01 Å². The van der Waals surface area contributed by atoms with E-state index < -0.39 is 0 Å². The minimum Gasteiger partial charge on any atom is -0.492 e. The number of hydrazine groups is 1. The van der Waals surface area contributed by atoms with Crippen molar-refractivity contribution < 1.29 is 10.6 Å². The van der Waals surface area contributed by atoms with E-state index in [-0.39, 0.29) is 11.4 Å². The maximum atomic E-state index is 10.7. The summed E-state index contributed by atoms with van der Waals surface area (Å²) in [4.78, 5) is 1.94. The molecular weight excluding hydrogens is 358 g/mol. The third-order valence-corrected chi connectivity index (χ3v) is 4.41. The maximum Gasteiger partial charge on any atom is 0.237 e. The topological polar surface area (TPSA) is 70.2 Å². The lowest BCUT2D eigenvalue weighted by molar-refractivity contribution is 0.376. The SMILES string of the molecule is CN1C=c2ccccc2=C2NN(c3ccc(Br)cc3)C(O)=C21.O. The van der Waals surface area contributed by atoms with Crippen LogP contribution in [-0.4, -0.2) is 22.5 Å². The molecule has 0 radical (unpaired) electrons. The number of anilines is 1. The summed E-state index contributed by atoms with van der Waals surface area (Å²) in [7, 11) is 1.94. The molecule has 0 saturated heterocycles. The lowest BCUT2D eigenvalue weighted by Gasteiger charge is -2.20. The van der Waals surface area contributed by atoms with Crippen LogP contribution in [0.2, 0.25) is 0 Å². The van der Waals surface area contributed by atoms with Crippen molar-refractivity contribution in [1.29, 1.82) is 0 Å². The molecule has 0 amide bonds. The minimum atomic E-state index is 0. The van der Waals surface area contributed by atoms with Gasteiger partial charge in [-0.1, -0.05) is 40.2 Å². The summed E-state index contributed by atoms with van der Waals surface area (Å²) >= 11 is 3.43. The van der Waals surface area contributed by atoms with Crippen molar-refractivity contribution in [3.8, 4) is 0 Å². The van der Waals surface area contributed by atoms with E-state index >= 15 is 0 Å². The number of nitrogens with zero attached hydrogens (tertiary/aromatic N) is 2. The van der Waals surface area contributed by atoms with Crippen LogP contribution in [-0.2, 0) is 0 Å². The van der Waals surface area contributed by atoms with E-state index in [2.05, 4.69) is 33.5 Å². The number of hydrogen-bond acceptors (Lipinski definition) is 4. The first-order chi connectivity index (χ1) is 10.6. The smallest absolute Gasteiger partial charge is 0.237 e. The molecule has 0 spiro atoms. The first-order valence-electron chi connectivity index (χ1n) is 6.95. The van der Waals surface area contributed by atoms with Crippen molar-refractivity contribution in [2.75, 3.05) is 12.1 Å². The van der Waals surface area contributed by atoms with Crippen LogP contribution in [0.15, 0.2) is 64.6 Å². The monoisotopic (exact) mass is 373 g/mol. The Morgan fingerprint density at radius 2 is 1.74 bits per heavy atom. The lowest BCUT2D eigenvalue weighted by Crippen LogP contribution is -2.40. The van der Waals surface area contributed by atoms with Crippen molar-refractivity contribution in [1.82, 2.24) is 10.3 Å². The molecular formula is C17H16BrN3O2. The molecule has 2 heterocycles. The van der Waals surface area contributed by atoms with Crippen LogP contribution in [0.3, 0.4) is 0 Å². The number of hydrogen-bond donors (Lipinski definition) is 2. The Hall–Kier alpha value is -2.44. The van der Waals surface area contributed by atoms with Crippen LogP contribution in [0.1, 0.15) is 0 Å². The molecule has 2 aromatic carbocycles. The molecule has 0 atom stereocenters. The number of rotatable bonds is 1. The zero-order chi connectivity index (χ0) is 15.3. The predicted octanol–water partition coefficient (Wildman–Crippen LogP) is 1.17. The number of fused-ring (bicyclic) bond motifs is 2.